The maximum atomic E-state index is 12.2. The smallest absolute Gasteiger partial charge is 0.426 e. The summed E-state index contributed by atoms with van der Waals surface area (Å²) in [5.41, 5.74) is 0.157. The predicted octanol–water partition coefficient (Wildman–Crippen LogP) is 2.11. The lowest BCUT2D eigenvalue weighted by atomic mass is 10.1. The molecule has 1 fully saturated rings. The van der Waals surface area contributed by atoms with Crippen molar-refractivity contribution in [1.82, 2.24) is 4.31 Å². The van der Waals surface area contributed by atoms with Crippen LogP contribution >= 0.6 is 0 Å². The molecule has 0 aliphatic carbocycles. The van der Waals surface area contributed by atoms with Gasteiger partial charge in [-0.3, -0.25) is 4.18 Å². The molecule has 8 heteroatoms. The van der Waals surface area contributed by atoms with Gasteiger partial charge in [-0.2, -0.15) is 18.0 Å². The zero-order valence-corrected chi connectivity index (χ0v) is 13.3. The minimum atomic E-state index is -4.18. The minimum absolute atomic E-state index is 0.187. The van der Waals surface area contributed by atoms with Crippen LogP contribution in [-0.2, 0) is 19.2 Å². The number of ether oxygens (including phenoxy) is 1. The van der Waals surface area contributed by atoms with Crippen LogP contribution in [0.2, 0.25) is 0 Å². The fraction of sp³-hybridized carbons (Fsp3) is 0.429. The van der Waals surface area contributed by atoms with Crippen molar-refractivity contribution >= 4 is 16.4 Å². The van der Waals surface area contributed by atoms with E-state index in [4.69, 9.17) is 14.2 Å². The largest absolute Gasteiger partial charge is 0.443 e. The molecule has 0 bridgehead atoms. The average molecular weight is 324 g/mol. The zero-order valence-electron chi connectivity index (χ0n) is 12.4. The minimum Gasteiger partial charge on any atom is -0.443 e. The Labute approximate surface area is 129 Å². The SMILES string of the molecule is CC(C)(C)OC(=O)N1[C@@H](c2ccc(C#N)cc2)COS1(=O)=O. The lowest BCUT2D eigenvalue weighted by Gasteiger charge is -2.26. The maximum absolute atomic E-state index is 12.2. The number of hydrogen-bond acceptors (Lipinski definition) is 6. The lowest BCUT2D eigenvalue weighted by molar-refractivity contribution is 0.0356. The first-order chi connectivity index (χ1) is 10.1. The van der Waals surface area contributed by atoms with Gasteiger partial charge in [0.1, 0.15) is 11.6 Å². The topological polar surface area (TPSA) is 96.7 Å². The van der Waals surface area contributed by atoms with Crippen molar-refractivity contribution in [2.45, 2.75) is 32.4 Å². The third-order valence-corrected chi connectivity index (χ3v) is 4.22. The van der Waals surface area contributed by atoms with Gasteiger partial charge in [0.2, 0.25) is 0 Å². The van der Waals surface area contributed by atoms with E-state index in [1.807, 2.05) is 6.07 Å². The zero-order chi connectivity index (χ0) is 16.5. The predicted molar refractivity (Wildman–Crippen MR) is 76.8 cm³/mol. The van der Waals surface area contributed by atoms with Crippen LogP contribution in [-0.4, -0.2) is 31.0 Å². The molecule has 22 heavy (non-hydrogen) atoms. The van der Waals surface area contributed by atoms with Crippen molar-refractivity contribution in [3.8, 4) is 6.07 Å². The van der Waals surface area contributed by atoms with Gasteiger partial charge >= 0.3 is 16.4 Å². The summed E-state index contributed by atoms with van der Waals surface area (Å²) in [5, 5.41) is 8.79. The summed E-state index contributed by atoms with van der Waals surface area (Å²) in [6.07, 6.45) is -0.987. The summed E-state index contributed by atoms with van der Waals surface area (Å²) in [6.45, 7) is 4.75. The Morgan fingerprint density at radius 2 is 1.95 bits per heavy atom. The second-order valence-electron chi connectivity index (χ2n) is 5.77. The van der Waals surface area contributed by atoms with E-state index in [2.05, 4.69) is 0 Å². The summed E-state index contributed by atoms with van der Waals surface area (Å²) < 4.78 is 34.4. The third-order valence-electron chi connectivity index (χ3n) is 2.90. The van der Waals surface area contributed by atoms with E-state index in [-0.39, 0.29) is 6.61 Å². The summed E-state index contributed by atoms with van der Waals surface area (Å²) in [7, 11) is -4.18. The number of hydrogen-bond donors (Lipinski definition) is 0. The lowest BCUT2D eigenvalue weighted by Crippen LogP contribution is -2.39. The molecule has 1 atom stereocenters. The molecule has 1 aliphatic rings. The van der Waals surface area contributed by atoms with E-state index >= 15 is 0 Å². The Hall–Kier alpha value is -2.11. The van der Waals surface area contributed by atoms with Crippen LogP contribution in [0.1, 0.15) is 37.9 Å². The quantitative estimate of drug-likeness (QED) is 0.785. The second-order valence-corrected chi connectivity index (χ2v) is 7.25. The van der Waals surface area contributed by atoms with Gasteiger partial charge in [-0.15, -0.1) is 0 Å². The molecule has 0 spiro atoms. The molecule has 1 amide bonds. The first-order valence-electron chi connectivity index (χ1n) is 6.56. The Kier molecular flexibility index (Phi) is 4.13. The molecule has 118 valence electrons. The van der Waals surface area contributed by atoms with E-state index < -0.39 is 28.0 Å². The van der Waals surface area contributed by atoms with Crippen LogP contribution in [0.5, 0.6) is 0 Å². The molecular formula is C14H16N2O5S. The number of benzene rings is 1. The molecule has 2 rings (SSSR count). The Morgan fingerprint density at radius 1 is 1.36 bits per heavy atom. The molecule has 1 aromatic carbocycles. The molecule has 1 aromatic rings. The summed E-state index contributed by atoms with van der Waals surface area (Å²) in [4.78, 5) is 12.2. The van der Waals surface area contributed by atoms with Crippen LogP contribution in [0.4, 0.5) is 4.79 Å². The van der Waals surface area contributed by atoms with Gasteiger partial charge in [-0.25, -0.2) is 4.79 Å². The number of rotatable bonds is 1. The van der Waals surface area contributed by atoms with Crippen LogP contribution in [0.25, 0.3) is 0 Å². The summed E-state index contributed by atoms with van der Waals surface area (Å²) in [5.74, 6) is 0. The first-order valence-corrected chi connectivity index (χ1v) is 7.92. The maximum Gasteiger partial charge on any atom is 0.426 e. The van der Waals surface area contributed by atoms with E-state index in [0.29, 0.717) is 15.4 Å². The van der Waals surface area contributed by atoms with Gasteiger partial charge in [0.15, 0.2) is 0 Å². The fourth-order valence-corrected chi connectivity index (χ4v) is 3.10. The molecule has 0 unspecified atom stereocenters. The molecule has 0 aromatic heterocycles. The average Bonchev–Trinajstić information content (AvgIpc) is 2.72. The molecule has 7 nitrogen and oxygen atoms in total. The summed E-state index contributed by atoms with van der Waals surface area (Å²) in [6, 6.07) is 7.43. The van der Waals surface area contributed by atoms with Gasteiger partial charge < -0.3 is 4.74 Å². The number of nitriles is 1. The highest BCUT2D eigenvalue weighted by Gasteiger charge is 2.45. The number of amides is 1. The van der Waals surface area contributed by atoms with Gasteiger partial charge in [0.25, 0.3) is 0 Å². The van der Waals surface area contributed by atoms with Crippen molar-refractivity contribution in [2.24, 2.45) is 0 Å². The highest BCUT2D eigenvalue weighted by atomic mass is 32.2. The van der Waals surface area contributed by atoms with Crippen molar-refractivity contribution in [3.63, 3.8) is 0 Å². The van der Waals surface area contributed by atoms with E-state index in [1.54, 1.807) is 45.0 Å². The second kappa shape index (κ2) is 5.59. The molecule has 1 saturated heterocycles. The number of carbonyl (C=O) groups excluding carboxylic acids is 1. The number of nitrogens with zero attached hydrogens (tertiary/aromatic N) is 2. The monoisotopic (exact) mass is 324 g/mol. The van der Waals surface area contributed by atoms with Crippen LogP contribution in [0.15, 0.2) is 24.3 Å². The van der Waals surface area contributed by atoms with Gasteiger partial charge in [-0.05, 0) is 38.5 Å². The summed E-state index contributed by atoms with van der Waals surface area (Å²) >= 11 is 0. The van der Waals surface area contributed by atoms with Crippen molar-refractivity contribution < 1.29 is 22.1 Å². The Morgan fingerprint density at radius 3 is 2.45 bits per heavy atom. The van der Waals surface area contributed by atoms with Crippen LogP contribution in [0.3, 0.4) is 0 Å². The standard InChI is InChI=1S/C14H16N2O5S/c1-14(2,3)21-13(17)16-12(9-20-22(16,18)19)11-6-4-10(8-15)5-7-11/h4-7,12H,9H2,1-3H3/t12-/m1/s1. The highest BCUT2D eigenvalue weighted by molar-refractivity contribution is 7.85. The number of carbonyl (C=O) groups is 1. The van der Waals surface area contributed by atoms with E-state index in [9.17, 15) is 13.2 Å². The molecular weight excluding hydrogens is 308 g/mol. The molecule has 0 saturated carbocycles. The Bertz CT molecular complexity index is 713. The molecule has 0 N–H and O–H groups in total. The van der Waals surface area contributed by atoms with Crippen molar-refractivity contribution in [3.05, 3.63) is 35.4 Å². The van der Waals surface area contributed by atoms with Gasteiger partial charge in [0.05, 0.1) is 18.2 Å². The molecule has 1 heterocycles. The van der Waals surface area contributed by atoms with E-state index in [1.165, 1.54) is 0 Å². The molecule has 0 radical (unpaired) electrons. The van der Waals surface area contributed by atoms with Gasteiger partial charge in [-0.1, -0.05) is 12.1 Å². The van der Waals surface area contributed by atoms with Crippen LogP contribution in [0, 0.1) is 11.3 Å². The Balaban J connectivity index is 2.34. The first kappa shape index (κ1) is 16.3. The van der Waals surface area contributed by atoms with E-state index in [0.717, 1.165) is 0 Å². The van der Waals surface area contributed by atoms with Crippen molar-refractivity contribution in [1.29, 1.82) is 5.26 Å². The highest BCUT2D eigenvalue weighted by Crippen LogP contribution is 2.33. The van der Waals surface area contributed by atoms with Crippen molar-refractivity contribution in [2.75, 3.05) is 6.61 Å². The third kappa shape index (κ3) is 3.37. The van der Waals surface area contributed by atoms with Gasteiger partial charge in [0, 0.05) is 0 Å². The molecule has 1 aliphatic heterocycles. The normalized spacial score (nSPS) is 20.5. The fourth-order valence-electron chi connectivity index (χ4n) is 1.97. The van der Waals surface area contributed by atoms with Crippen LogP contribution < -0.4 is 0 Å².